The van der Waals surface area contributed by atoms with E-state index in [9.17, 15) is 0 Å². The SMILES string of the molecule is COc1cccc(OC/C=C/CN2CCN(C)CC2)c1.Cl. The summed E-state index contributed by atoms with van der Waals surface area (Å²) in [6.07, 6.45) is 4.27. The normalized spacial score (nSPS) is 16.7. The van der Waals surface area contributed by atoms with Crippen molar-refractivity contribution in [3.05, 3.63) is 36.4 Å². The third-order valence-electron chi connectivity index (χ3n) is 3.51. The lowest BCUT2D eigenvalue weighted by Crippen LogP contribution is -2.44. The Morgan fingerprint density at radius 2 is 1.81 bits per heavy atom. The molecule has 2 rings (SSSR count). The summed E-state index contributed by atoms with van der Waals surface area (Å²) in [5.41, 5.74) is 0. The molecule has 1 aliphatic rings. The molecule has 0 unspecified atom stereocenters. The minimum absolute atomic E-state index is 0. The molecule has 5 heteroatoms. The Bertz CT molecular complexity index is 432. The first-order chi connectivity index (χ1) is 9.78. The van der Waals surface area contributed by atoms with Gasteiger partial charge in [0.15, 0.2) is 0 Å². The van der Waals surface area contributed by atoms with Gasteiger partial charge in [0.2, 0.25) is 0 Å². The lowest BCUT2D eigenvalue weighted by atomic mass is 10.3. The number of piperazine rings is 1. The zero-order valence-corrected chi connectivity index (χ0v) is 13.6. The summed E-state index contributed by atoms with van der Waals surface area (Å²) >= 11 is 0. The van der Waals surface area contributed by atoms with Crippen LogP contribution in [0.5, 0.6) is 11.5 Å². The topological polar surface area (TPSA) is 24.9 Å². The molecule has 0 saturated carbocycles. The van der Waals surface area contributed by atoms with Crippen LogP contribution in [0.2, 0.25) is 0 Å². The Kier molecular flexibility index (Phi) is 8.20. The van der Waals surface area contributed by atoms with Gasteiger partial charge >= 0.3 is 0 Å². The van der Waals surface area contributed by atoms with Gasteiger partial charge in [0.25, 0.3) is 0 Å². The van der Waals surface area contributed by atoms with E-state index in [1.54, 1.807) is 7.11 Å². The summed E-state index contributed by atoms with van der Waals surface area (Å²) in [5, 5.41) is 0. The van der Waals surface area contributed by atoms with Crippen LogP contribution >= 0.6 is 12.4 Å². The molecule has 1 heterocycles. The first-order valence-corrected chi connectivity index (χ1v) is 7.10. The van der Waals surface area contributed by atoms with Gasteiger partial charge in [-0.05, 0) is 19.2 Å². The largest absolute Gasteiger partial charge is 0.497 e. The van der Waals surface area contributed by atoms with Crippen LogP contribution in [0.15, 0.2) is 36.4 Å². The van der Waals surface area contributed by atoms with E-state index in [0.717, 1.165) is 44.2 Å². The maximum Gasteiger partial charge on any atom is 0.123 e. The van der Waals surface area contributed by atoms with Gasteiger partial charge in [0.1, 0.15) is 18.1 Å². The van der Waals surface area contributed by atoms with Crippen molar-refractivity contribution >= 4 is 12.4 Å². The molecule has 4 nitrogen and oxygen atoms in total. The highest BCUT2D eigenvalue weighted by Gasteiger charge is 2.11. The van der Waals surface area contributed by atoms with Gasteiger partial charge in [-0.25, -0.2) is 0 Å². The maximum absolute atomic E-state index is 5.66. The molecular formula is C16H25ClN2O2. The quantitative estimate of drug-likeness (QED) is 0.753. The Balaban J connectivity index is 0.00000220. The Morgan fingerprint density at radius 1 is 1.10 bits per heavy atom. The average molecular weight is 313 g/mol. The molecule has 0 aliphatic carbocycles. The van der Waals surface area contributed by atoms with Gasteiger partial charge in [-0.15, -0.1) is 12.4 Å². The second kappa shape index (κ2) is 9.66. The van der Waals surface area contributed by atoms with Crippen LogP contribution in [-0.4, -0.2) is 63.3 Å². The molecule has 1 aliphatic heterocycles. The lowest BCUT2D eigenvalue weighted by Gasteiger charge is -2.31. The van der Waals surface area contributed by atoms with Crippen molar-refractivity contribution in [2.75, 3.05) is 53.5 Å². The third-order valence-corrected chi connectivity index (χ3v) is 3.51. The molecule has 0 atom stereocenters. The number of ether oxygens (including phenoxy) is 2. The van der Waals surface area contributed by atoms with Gasteiger partial charge in [-0.3, -0.25) is 4.90 Å². The van der Waals surface area contributed by atoms with Crippen LogP contribution in [0.4, 0.5) is 0 Å². The van der Waals surface area contributed by atoms with Crippen LogP contribution in [0.3, 0.4) is 0 Å². The van der Waals surface area contributed by atoms with Crippen molar-refractivity contribution < 1.29 is 9.47 Å². The summed E-state index contributed by atoms with van der Waals surface area (Å²) in [6, 6.07) is 7.68. The first kappa shape index (κ1) is 17.8. The van der Waals surface area contributed by atoms with Crippen LogP contribution < -0.4 is 9.47 Å². The highest BCUT2D eigenvalue weighted by atomic mass is 35.5. The van der Waals surface area contributed by atoms with Gasteiger partial charge < -0.3 is 14.4 Å². The number of nitrogens with zero attached hydrogens (tertiary/aromatic N) is 2. The van der Waals surface area contributed by atoms with Crippen molar-refractivity contribution in [2.45, 2.75) is 0 Å². The second-order valence-electron chi connectivity index (χ2n) is 5.07. The molecule has 118 valence electrons. The Hall–Kier alpha value is -1.23. The zero-order chi connectivity index (χ0) is 14.2. The molecule has 0 N–H and O–H groups in total. The van der Waals surface area contributed by atoms with Crippen LogP contribution in [-0.2, 0) is 0 Å². The molecule has 0 spiro atoms. The lowest BCUT2D eigenvalue weighted by molar-refractivity contribution is 0.166. The fraction of sp³-hybridized carbons (Fsp3) is 0.500. The van der Waals surface area contributed by atoms with Gasteiger partial charge in [0, 0.05) is 38.8 Å². The van der Waals surface area contributed by atoms with E-state index in [0.29, 0.717) is 6.61 Å². The smallest absolute Gasteiger partial charge is 0.123 e. The molecule has 0 radical (unpaired) electrons. The van der Waals surface area contributed by atoms with E-state index < -0.39 is 0 Å². The van der Waals surface area contributed by atoms with E-state index in [1.807, 2.05) is 24.3 Å². The summed E-state index contributed by atoms with van der Waals surface area (Å²) < 4.78 is 10.8. The number of hydrogen-bond donors (Lipinski definition) is 0. The zero-order valence-electron chi connectivity index (χ0n) is 12.8. The van der Waals surface area contributed by atoms with Crippen molar-refractivity contribution in [3.63, 3.8) is 0 Å². The number of likely N-dealkylation sites (N-methyl/N-ethyl adjacent to an activating group) is 1. The number of halogens is 1. The van der Waals surface area contributed by atoms with Crippen LogP contribution in [0.25, 0.3) is 0 Å². The third kappa shape index (κ3) is 6.38. The fourth-order valence-corrected chi connectivity index (χ4v) is 2.16. The molecule has 1 fully saturated rings. The minimum atomic E-state index is 0. The summed E-state index contributed by atoms with van der Waals surface area (Å²) in [4.78, 5) is 4.83. The molecule has 0 bridgehead atoms. The standard InChI is InChI=1S/C16H24N2O2.ClH/c1-17-9-11-18(12-10-17)8-3-4-13-20-16-7-5-6-15(14-16)19-2;/h3-7,14H,8-13H2,1-2H3;1H/b4-3+;. The van der Waals surface area contributed by atoms with Gasteiger partial charge in [-0.1, -0.05) is 18.2 Å². The van der Waals surface area contributed by atoms with E-state index in [4.69, 9.17) is 9.47 Å². The van der Waals surface area contributed by atoms with Crippen molar-refractivity contribution in [1.82, 2.24) is 9.80 Å². The monoisotopic (exact) mass is 312 g/mol. The fourth-order valence-electron chi connectivity index (χ4n) is 2.16. The summed E-state index contributed by atoms with van der Waals surface area (Å²) in [5.74, 6) is 1.66. The number of methoxy groups -OCH3 is 1. The van der Waals surface area contributed by atoms with Crippen LogP contribution in [0.1, 0.15) is 0 Å². The van der Waals surface area contributed by atoms with E-state index in [2.05, 4.69) is 29.0 Å². The molecule has 1 saturated heterocycles. The van der Waals surface area contributed by atoms with Crippen LogP contribution in [0, 0.1) is 0 Å². The molecule has 1 aromatic rings. The molecule has 21 heavy (non-hydrogen) atoms. The molecule has 0 aromatic heterocycles. The average Bonchev–Trinajstić information content (AvgIpc) is 2.49. The second-order valence-corrected chi connectivity index (χ2v) is 5.07. The van der Waals surface area contributed by atoms with E-state index in [-0.39, 0.29) is 12.4 Å². The van der Waals surface area contributed by atoms with Gasteiger partial charge in [0.05, 0.1) is 7.11 Å². The number of benzene rings is 1. The Morgan fingerprint density at radius 3 is 2.52 bits per heavy atom. The molecular weight excluding hydrogens is 288 g/mol. The Labute approximate surface area is 133 Å². The van der Waals surface area contributed by atoms with E-state index in [1.165, 1.54) is 0 Å². The van der Waals surface area contributed by atoms with Gasteiger partial charge in [-0.2, -0.15) is 0 Å². The molecule has 1 aromatic carbocycles. The van der Waals surface area contributed by atoms with Crippen molar-refractivity contribution in [3.8, 4) is 11.5 Å². The highest BCUT2D eigenvalue weighted by Crippen LogP contribution is 2.18. The van der Waals surface area contributed by atoms with Crippen molar-refractivity contribution in [2.24, 2.45) is 0 Å². The highest BCUT2D eigenvalue weighted by molar-refractivity contribution is 5.85. The minimum Gasteiger partial charge on any atom is -0.497 e. The summed E-state index contributed by atoms with van der Waals surface area (Å²) in [6.45, 7) is 6.23. The van der Waals surface area contributed by atoms with Crippen molar-refractivity contribution in [1.29, 1.82) is 0 Å². The predicted molar refractivity (Wildman–Crippen MR) is 88.8 cm³/mol. The number of hydrogen-bond acceptors (Lipinski definition) is 4. The predicted octanol–water partition coefficient (Wildman–Crippen LogP) is 2.30. The first-order valence-electron chi connectivity index (χ1n) is 7.10. The summed E-state index contributed by atoms with van der Waals surface area (Å²) in [7, 11) is 3.84. The maximum atomic E-state index is 5.66. The van der Waals surface area contributed by atoms with E-state index >= 15 is 0 Å². The molecule has 0 amide bonds. The number of rotatable bonds is 6.